The number of nitrogens with two attached hydrogens (primary N) is 1. The van der Waals surface area contributed by atoms with Crippen LogP contribution in [0.15, 0.2) is 0 Å². The highest BCUT2D eigenvalue weighted by atomic mass is 31.2. The fraction of sp³-hybridized carbons (Fsp3) is 0.961. The highest BCUT2D eigenvalue weighted by Gasteiger charge is 2.26. The molecule has 0 heterocycles. The maximum Gasteiger partial charge on any atom is 0.472 e. The van der Waals surface area contributed by atoms with Gasteiger partial charge in [-0.2, -0.15) is 0 Å². The van der Waals surface area contributed by atoms with Gasteiger partial charge in [-0.3, -0.25) is 18.6 Å². The monoisotopic (exact) mass is 888 g/mol. The van der Waals surface area contributed by atoms with Gasteiger partial charge in [-0.15, -0.1) is 0 Å². The van der Waals surface area contributed by atoms with Crippen molar-refractivity contribution in [2.75, 3.05) is 26.4 Å². The zero-order chi connectivity index (χ0) is 44.6. The lowest BCUT2D eigenvalue weighted by Gasteiger charge is -2.19. The quantitative estimate of drug-likeness (QED) is 0.0348. The second kappa shape index (κ2) is 48.5. The molecule has 1 unspecified atom stereocenters. The van der Waals surface area contributed by atoms with Crippen molar-refractivity contribution in [3.05, 3.63) is 0 Å². The summed E-state index contributed by atoms with van der Waals surface area (Å²) < 4.78 is 33.0. The lowest BCUT2D eigenvalue weighted by atomic mass is 10.0. The van der Waals surface area contributed by atoms with Gasteiger partial charge in [0.1, 0.15) is 6.61 Å². The predicted molar refractivity (Wildman–Crippen MR) is 257 cm³/mol. The van der Waals surface area contributed by atoms with E-state index in [2.05, 4.69) is 13.8 Å². The topological polar surface area (TPSA) is 134 Å². The van der Waals surface area contributed by atoms with Crippen LogP contribution in [0.1, 0.15) is 284 Å². The summed E-state index contributed by atoms with van der Waals surface area (Å²) in [5, 5.41) is 0. The molecule has 0 amide bonds. The molecule has 0 aromatic rings. The Hall–Kier alpha value is -0.990. The lowest BCUT2D eigenvalue weighted by molar-refractivity contribution is -0.161. The van der Waals surface area contributed by atoms with Gasteiger partial charge in [0.25, 0.3) is 0 Å². The van der Waals surface area contributed by atoms with Crippen molar-refractivity contribution in [1.82, 2.24) is 0 Å². The van der Waals surface area contributed by atoms with Crippen LogP contribution in [0, 0.1) is 0 Å². The molecule has 0 saturated carbocycles. The fourth-order valence-corrected chi connectivity index (χ4v) is 8.82. The SMILES string of the molecule is CCCCCCCCCCCCCCCCCCCCCCCC(=O)OC[C@H](COP(=O)(O)OCCN)OC(=O)CCCCCCCCCCCCCCCCCCCCC. The maximum atomic E-state index is 12.7. The Balaban J connectivity index is 3.96. The van der Waals surface area contributed by atoms with Crippen LogP contribution in [-0.2, 0) is 32.7 Å². The molecule has 9 nitrogen and oxygen atoms in total. The summed E-state index contributed by atoms with van der Waals surface area (Å²) in [6.45, 7) is 3.81. The molecule has 0 aliphatic carbocycles. The van der Waals surface area contributed by atoms with Crippen molar-refractivity contribution in [2.24, 2.45) is 5.73 Å². The average molecular weight is 888 g/mol. The Morgan fingerprint density at radius 2 is 0.705 bits per heavy atom. The largest absolute Gasteiger partial charge is 0.472 e. The van der Waals surface area contributed by atoms with Crippen molar-refractivity contribution in [3.63, 3.8) is 0 Å². The van der Waals surface area contributed by atoms with E-state index in [0.29, 0.717) is 6.42 Å². The van der Waals surface area contributed by atoms with E-state index >= 15 is 0 Å². The summed E-state index contributed by atoms with van der Waals surface area (Å²) in [7, 11) is -4.37. The third kappa shape index (κ3) is 48.3. The first kappa shape index (κ1) is 60.0. The van der Waals surface area contributed by atoms with Gasteiger partial charge in [0.2, 0.25) is 0 Å². The summed E-state index contributed by atoms with van der Waals surface area (Å²) in [5.41, 5.74) is 5.37. The van der Waals surface area contributed by atoms with Crippen LogP contribution in [0.3, 0.4) is 0 Å². The van der Waals surface area contributed by atoms with Crippen molar-refractivity contribution < 1.29 is 37.6 Å². The molecule has 0 aliphatic rings. The van der Waals surface area contributed by atoms with Gasteiger partial charge in [0.15, 0.2) is 6.10 Å². The highest BCUT2D eigenvalue weighted by Crippen LogP contribution is 2.43. The molecule has 10 heteroatoms. The van der Waals surface area contributed by atoms with E-state index in [0.717, 1.165) is 32.1 Å². The molecule has 0 bridgehead atoms. The second-order valence-electron chi connectivity index (χ2n) is 18.1. The van der Waals surface area contributed by atoms with E-state index in [4.69, 9.17) is 24.3 Å². The van der Waals surface area contributed by atoms with Crippen LogP contribution in [0.2, 0.25) is 0 Å². The molecule has 0 aromatic heterocycles. The average Bonchev–Trinajstić information content (AvgIpc) is 3.25. The molecule has 0 aromatic carbocycles. The number of phosphoric ester groups is 1. The molecule has 0 fully saturated rings. The molecular formula is C51H102NO8P. The van der Waals surface area contributed by atoms with E-state index in [9.17, 15) is 19.0 Å². The molecule has 0 radical (unpaired) electrons. The molecule has 3 N–H and O–H groups in total. The van der Waals surface area contributed by atoms with Gasteiger partial charge < -0.3 is 20.1 Å². The molecular weight excluding hydrogens is 786 g/mol. The number of unbranched alkanes of at least 4 members (excludes halogenated alkanes) is 38. The standard InChI is InChI=1S/C51H102NO8P/c1-3-5-7-9-11-13-15-17-19-21-23-24-26-27-29-31-33-35-37-39-41-43-50(53)57-47-49(48-59-61(55,56)58-46-45-52)60-51(54)44-42-40-38-36-34-32-30-28-25-22-20-18-16-14-12-10-8-6-4-2/h49H,3-48,52H2,1-2H3,(H,55,56)/t49-/m1/s1. The minimum absolute atomic E-state index is 0.0584. The summed E-state index contributed by atoms with van der Waals surface area (Å²) in [6, 6.07) is 0. The molecule has 0 spiro atoms. The number of hydrogen-bond donors (Lipinski definition) is 2. The summed E-state index contributed by atoms with van der Waals surface area (Å²) in [4.78, 5) is 35.1. The van der Waals surface area contributed by atoms with Gasteiger partial charge in [-0.05, 0) is 12.8 Å². The zero-order valence-corrected chi connectivity index (χ0v) is 41.3. The zero-order valence-electron chi connectivity index (χ0n) is 40.4. The minimum atomic E-state index is -4.37. The van der Waals surface area contributed by atoms with Crippen LogP contribution in [-0.4, -0.2) is 49.3 Å². The van der Waals surface area contributed by atoms with Crippen LogP contribution >= 0.6 is 7.82 Å². The maximum absolute atomic E-state index is 12.7. The molecule has 2 atom stereocenters. The smallest absolute Gasteiger partial charge is 0.462 e. The minimum Gasteiger partial charge on any atom is -0.462 e. The van der Waals surface area contributed by atoms with Gasteiger partial charge in [-0.25, -0.2) is 4.57 Å². The molecule has 0 aliphatic heterocycles. The number of hydrogen-bond acceptors (Lipinski definition) is 8. The number of ether oxygens (including phenoxy) is 2. The molecule has 0 saturated heterocycles. The van der Waals surface area contributed by atoms with E-state index < -0.39 is 26.5 Å². The van der Waals surface area contributed by atoms with Gasteiger partial charge >= 0.3 is 19.8 Å². The van der Waals surface area contributed by atoms with E-state index in [1.165, 1.54) is 218 Å². The molecule has 0 rings (SSSR count). The van der Waals surface area contributed by atoms with E-state index in [-0.39, 0.29) is 38.6 Å². The normalized spacial score (nSPS) is 13.0. The van der Waals surface area contributed by atoms with Crippen LogP contribution in [0.5, 0.6) is 0 Å². The first-order valence-corrected chi connectivity index (χ1v) is 28.0. The van der Waals surface area contributed by atoms with Crippen molar-refractivity contribution in [2.45, 2.75) is 290 Å². The Labute approximate surface area is 377 Å². The Morgan fingerprint density at radius 1 is 0.426 bits per heavy atom. The molecule has 61 heavy (non-hydrogen) atoms. The summed E-state index contributed by atoms with van der Waals surface area (Å²) in [5.74, 6) is -0.805. The number of carbonyl (C=O) groups excluding carboxylic acids is 2. The summed E-state index contributed by atoms with van der Waals surface area (Å²) in [6.07, 6.45) is 51.4. The third-order valence-electron chi connectivity index (χ3n) is 12.0. The summed E-state index contributed by atoms with van der Waals surface area (Å²) >= 11 is 0. The highest BCUT2D eigenvalue weighted by molar-refractivity contribution is 7.47. The Morgan fingerprint density at radius 3 is 1.00 bits per heavy atom. The predicted octanol–water partition coefficient (Wildman–Crippen LogP) is 16.0. The van der Waals surface area contributed by atoms with Crippen LogP contribution in [0.25, 0.3) is 0 Å². The van der Waals surface area contributed by atoms with Gasteiger partial charge in [0.05, 0.1) is 13.2 Å². The first-order valence-electron chi connectivity index (χ1n) is 26.5. The Bertz CT molecular complexity index is 969. The number of esters is 2. The van der Waals surface area contributed by atoms with Crippen LogP contribution in [0.4, 0.5) is 0 Å². The fourth-order valence-electron chi connectivity index (χ4n) is 8.05. The van der Waals surface area contributed by atoms with E-state index in [1.54, 1.807) is 0 Å². The third-order valence-corrected chi connectivity index (χ3v) is 13.0. The number of carbonyl (C=O) groups is 2. The van der Waals surface area contributed by atoms with Gasteiger partial charge in [-0.1, -0.05) is 258 Å². The number of rotatable bonds is 51. The second-order valence-corrected chi connectivity index (χ2v) is 19.6. The van der Waals surface area contributed by atoms with Crippen LogP contribution < -0.4 is 5.73 Å². The first-order chi connectivity index (χ1) is 29.8. The molecule has 364 valence electrons. The van der Waals surface area contributed by atoms with Gasteiger partial charge in [0, 0.05) is 19.4 Å². The Kier molecular flexibility index (Phi) is 47.7. The van der Waals surface area contributed by atoms with Crippen molar-refractivity contribution in [3.8, 4) is 0 Å². The van der Waals surface area contributed by atoms with Crippen molar-refractivity contribution >= 4 is 19.8 Å². The van der Waals surface area contributed by atoms with Crippen molar-refractivity contribution in [1.29, 1.82) is 0 Å². The number of phosphoric acid groups is 1. The lowest BCUT2D eigenvalue weighted by Crippen LogP contribution is -2.29. The van der Waals surface area contributed by atoms with E-state index in [1.807, 2.05) is 0 Å².